The average Bonchev–Trinajstić information content (AvgIpc) is 3.19. The Morgan fingerprint density at radius 1 is 1.30 bits per heavy atom. The topological polar surface area (TPSA) is 77.3 Å². The van der Waals surface area contributed by atoms with Crippen LogP contribution in [0.5, 0.6) is 5.75 Å². The van der Waals surface area contributed by atoms with Gasteiger partial charge in [0.05, 0.1) is 12.9 Å². The van der Waals surface area contributed by atoms with Crippen LogP contribution in [-0.2, 0) is 6.42 Å². The monoisotopic (exact) mass is 329 g/mol. The molecule has 3 rings (SSSR count). The maximum absolute atomic E-state index is 11.8. The highest BCUT2D eigenvalue weighted by Crippen LogP contribution is 2.18. The molecule has 2 heterocycles. The first-order valence-corrected chi connectivity index (χ1v) is 7.89. The van der Waals surface area contributed by atoms with E-state index in [-0.39, 0.29) is 11.7 Å². The van der Waals surface area contributed by atoms with Gasteiger partial charge in [-0.3, -0.25) is 10.1 Å². The number of aromatic nitrogens is 2. The Bertz CT molecular complexity index is 783. The summed E-state index contributed by atoms with van der Waals surface area (Å²) in [6.07, 6.45) is 2.07. The van der Waals surface area contributed by atoms with Crippen molar-refractivity contribution in [2.24, 2.45) is 0 Å². The molecular weight excluding hydrogens is 314 g/mol. The van der Waals surface area contributed by atoms with E-state index in [1.54, 1.807) is 12.1 Å². The van der Waals surface area contributed by atoms with Gasteiger partial charge < -0.3 is 9.15 Å². The number of carbonyl (C=O) groups is 1. The molecule has 0 saturated heterocycles. The minimum absolute atomic E-state index is 0.240. The summed E-state index contributed by atoms with van der Waals surface area (Å²) in [5.74, 6) is 0.735. The zero-order chi connectivity index (χ0) is 16.1. The minimum Gasteiger partial charge on any atom is -0.493 e. The Kier molecular flexibility index (Phi) is 4.68. The van der Waals surface area contributed by atoms with Gasteiger partial charge >= 0.3 is 0 Å². The molecule has 0 fully saturated rings. The Labute approximate surface area is 137 Å². The zero-order valence-corrected chi connectivity index (χ0v) is 13.3. The van der Waals surface area contributed by atoms with Crippen LogP contribution in [0.15, 0.2) is 47.1 Å². The Morgan fingerprint density at radius 3 is 3.00 bits per heavy atom. The van der Waals surface area contributed by atoms with Crippen molar-refractivity contribution in [1.29, 1.82) is 0 Å². The molecule has 3 aromatic rings. The van der Waals surface area contributed by atoms with E-state index in [2.05, 4.69) is 15.5 Å². The summed E-state index contributed by atoms with van der Waals surface area (Å²) in [5, 5.41) is 11.9. The maximum Gasteiger partial charge on any atom is 0.293 e. The van der Waals surface area contributed by atoms with Crippen LogP contribution in [0.1, 0.15) is 21.1 Å². The van der Waals surface area contributed by atoms with Gasteiger partial charge in [-0.1, -0.05) is 23.5 Å². The van der Waals surface area contributed by atoms with E-state index in [1.165, 1.54) is 17.6 Å². The predicted molar refractivity (Wildman–Crippen MR) is 86.9 cm³/mol. The van der Waals surface area contributed by atoms with Crippen molar-refractivity contribution in [3.8, 4) is 5.75 Å². The van der Waals surface area contributed by atoms with Gasteiger partial charge in [-0.15, -0.1) is 10.2 Å². The van der Waals surface area contributed by atoms with Gasteiger partial charge in [-0.2, -0.15) is 0 Å². The molecule has 0 radical (unpaired) electrons. The van der Waals surface area contributed by atoms with Gasteiger partial charge in [0.15, 0.2) is 5.76 Å². The first-order chi connectivity index (χ1) is 11.2. The van der Waals surface area contributed by atoms with Gasteiger partial charge in [-0.05, 0) is 36.8 Å². The highest BCUT2D eigenvalue weighted by molar-refractivity contribution is 7.15. The molecule has 0 bridgehead atoms. The van der Waals surface area contributed by atoms with Crippen molar-refractivity contribution in [2.45, 2.75) is 13.3 Å². The molecule has 2 aromatic heterocycles. The number of anilines is 1. The standard InChI is InChI=1S/C16H15N3O3S/c1-11-4-2-5-12(10-11)21-9-7-14-18-19-16(23-14)17-15(20)13-6-3-8-22-13/h2-6,8,10H,7,9H2,1H3,(H,17,19,20). The summed E-state index contributed by atoms with van der Waals surface area (Å²) in [4.78, 5) is 11.8. The number of furan rings is 1. The first kappa shape index (κ1) is 15.2. The summed E-state index contributed by atoms with van der Waals surface area (Å²) in [6.45, 7) is 2.52. The number of aryl methyl sites for hydroxylation is 1. The van der Waals surface area contributed by atoms with Crippen LogP contribution in [0, 0.1) is 6.92 Å². The smallest absolute Gasteiger partial charge is 0.293 e. The third kappa shape index (κ3) is 4.17. The molecule has 1 N–H and O–H groups in total. The van der Waals surface area contributed by atoms with E-state index < -0.39 is 0 Å². The molecule has 1 amide bonds. The van der Waals surface area contributed by atoms with Crippen molar-refractivity contribution < 1.29 is 13.9 Å². The third-order valence-electron chi connectivity index (χ3n) is 3.01. The van der Waals surface area contributed by atoms with Crippen molar-refractivity contribution in [2.75, 3.05) is 11.9 Å². The van der Waals surface area contributed by atoms with Gasteiger partial charge in [0.1, 0.15) is 10.8 Å². The molecule has 0 aliphatic carbocycles. The van der Waals surface area contributed by atoms with E-state index >= 15 is 0 Å². The maximum atomic E-state index is 11.8. The van der Waals surface area contributed by atoms with E-state index in [0.717, 1.165) is 16.3 Å². The summed E-state index contributed by atoms with van der Waals surface area (Å²) < 4.78 is 10.7. The lowest BCUT2D eigenvalue weighted by molar-refractivity contribution is 0.0996. The summed E-state index contributed by atoms with van der Waals surface area (Å²) in [7, 11) is 0. The van der Waals surface area contributed by atoms with Crippen LogP contribution in [0.2, 0.25) is 0 Å². The fourth-order valence-corrected chi connectivity index (χ4v) is 2.65. The predicted octanol–water partition coefficient (Wildman–Crippen LogP) is 3.31. The van der Waals surface area contributed by atoms with Crippen LogP contribution in [-0.4, -0.2) is 22.7 Å². The van der Waals surface area contributed by atoms with E-state index in [9.17, 15) is 4.79 Å². The number of nitrogens with zero attached hydrogens (tertiary/aromatic N) is 2. The van der Waals surface area contributed by atoms with Crippen molar-refractivity contribution in [3.05, 3.63) is 59.0 Å². The number of hydrogen-bond acceptors (Lipinski definition) is 6. The number of nitrogens with one attached hydrogen (secondary N) is 1. The Hall–Kier alpha value is -2.67. The lowest BCUT2D eigenvalue weighted by Gasteiger charge is -2.04. The van der Waals surface area contributed by atoms with Crippen molar-refractivity contribution in [1.82, 2.24) is 10.2 Å². The second-order valence-electron chi connectivity index (χ2n) is 4.85. The van der Waals surface area contributed by atoms with Gasteiger partial charge in [-0.25, -0.2) is 0 Å². The minimum atomic E-state index is -0.339. The number of ether oxygens (including phenoxy) is 1. The highest BCUT2D eigenvalue weighted by Gasteiger charge is 2.12. The first-order valence-electron chi connectivity index (χ1n) is 7.07. The highest BCUT2D eigenvalue weighted by atomic mass is 32.1. The molecule has 1 aromatic carbocycles. The lowest BCUT2D eigenvalue weighted by atomic mass is 10.2. The molecule has 7 heteroatoms. The number of rotatable bonds is 6. The largest absolute Gasteiger partial charge is 0.493 e. The van der Waals surface area contributed by atoms with Crippen LogP contribution < -0.4 is 10.1 Å². The fourth-order valence-electron chi connectivity index (χ4n) is 1.93. The molecule has 0 atom stereocenters. The number of amides is 1. The number of benzene rings is 1. The Balaban J connectivity index is 1.50. The van der Waals surface area contributed by atoms with Gasteiger partial charge in [0.25, 0.3) is 5.91 Å². The van der Waals surface area contributed by atoms with Gasteiger partial charge in [0.2, 0.25) is 5.13 Å². The molecule has 0 aliphatic heterocycles. The average molecular weight is 329 g/mol. The third-order valence-corrected chi connectivity index (χ3v) is 3.90. The van der Waals surface area contributed by atoms with Crippen LogP contribution >= 0.6 is 11.3 Å². The summed E-state index contributed by atoms with van der Waals surface area (Å²) >= 11 is 1.32. The Morgan fingerprint density at radius 2 is 2.22 bits per heavy atom. The lowest BCUT2D eigenvalue weighted by Crippen LogP contribution is -2.10. The number of carbonyl (C=O) groups excluding carboxylic acids is 1. The normalized spacial score (nSPS) is 10.5. The van der Waals surface area contributed by atoms with Crippen LogP contribution in [0.4, 0.5) is 5.13 Å². The molecule has 0 aliphatic rings. The second-order valence-corrected chi connectivity index (χ2v) is 5.91. The SMILES string of the molecule is Cc1cccc(OCCc2nnc(NC(=O)c3ccco3)s2)c1. The van der Waals surface area contributed by atoms with E-state index in [1.807, 2.05) is 31.2 Å². The molecule has 6 nitrogen and oxygen atoms in total. The molecule has 23 heavy (non-hydrogen) atoms. The second kappa shape index (κ2) is 7.06. The molecule has 118 valence electrons. The fraction of sp³-hybridized carbons (Fsp3) is 0.188. The van der Waals surface area contributed by atoms with Gasteiger partial charge in [0, 0.05) is 6.42 Å². The van der Waals surface area contributed by atoms with Crippen LogP contribution in [0.3, 0.4) is 0 Å². The number of hydrogen-bond donors (Lipinski definition) is 1. The summed E-state index contributed by atoms with van der Waals surface area (Å²) in [6, 6.07) is 11.1. The van der Waals surface area contributed by atoms with E-state index in [0.29, 0.717) is 18.2 Å². The summed E-state index contributed by atoms with van der Waals surface area (Å²) in [5.41, 5.74) is 1.15. The molecule has 0 saturated carbocycles. The zero-order valence-electron chi connectivity index (χ0n) is 12.5. The van der Waals surface area contributed by atoms with Crippen LogP contribution in [0.25, 0.3) is 0 Å². The van der Waals surface area contributed by atoms with Crippen molar-refractivity contribution in [3.63, 3.8) is 0 Å². The molecular formula is C16H15N3O3S. The molecule has 0 unspecified atom stereocenters. The molecule has 0 spiro atoms. The van der Waals surface area contributed by atoms with Crippen molar-refractivity contribution >= 4 is 22.4 Å². The quantitative estimate of drug-likeness (QED) is 0.750. The van der Waals surface area contributed by atoms with E-state index in [4.69, 9.17) is 9.15 Å².